The van der Waals surface area contributed by atoms with Crippen molar-refractivity contribution in [2.24, 2.45) is 4.99 Å². The van der Waals surface area contributed by atoms with Gasteiger partial charge >= 0.3 is 0 Å². The highest BCUT2D eigenvalue weighted by atomic mass is 16.5. The molecule has 7 rings (SSSR count). The Morgan fingerprint density at radius 3 is 2.53 bits per heavy atom. The summed E-state index contributed by atoms with van der Waals surface area (Å²) in [7, 11) is 0. The van der Waals surface area contributed by atoms with Gasteiger partial charge in [0.25, 0.3) is 0 Å². The van der Waals surface area contributed by atoms with Gasteiger partial charge in [-0.2, -0.15) is 0 Å². The van der Waals surface area contributed by atoms with Gasteiger partial charge in [-0.3, -0.25) is 4.90 Å². The van der Waals surface area contributed by atoms with Crippen LogP contribution in [-0.2, 0) is 11.2 Å². The first-order valence-corrected chi connectivity index (χ1v) is 15.7. The Kier molecular flexibility index (Phi) is 7.00. The number of rotatable bonds is 8. The number of anilines is 1. The maximum atomic E-state index is 6.36. The number of nitrogens with zero attached hydrogens (tertiary/aromatic N) is 4. The van der Waals surface area contributed by atoms with E-state index < -0.39 is 0 Å². The molecule has 2 bridgehead atoms. The molecule has 6 heteroatoms. The molecule has 5 heterocycles. The van der Waals surface area contributed by atoms with Crippen molar-refractivity contribution < 1.29 is 4.74 Å². The number of benzene rings is 1. The van der Waals surface area contributed by atoms with Crippen LogP contribution in [0.1, 0.15) is 81.8 Å². The maximum Gasteiger partial charge on any atom is 0.139 e. The van der Waals surface area contributed by atoms with E-state index in [0.717, 1.165) is 51.5 Å². The van der Waals surface area contributed by atoms with Gasteiger partial charge in [0.05, 0.1) is 6.61 Å². The summed E-state index contributed by atoms with van der Waals surface area (Å²) in [5.74, 6) is 2.01. The van der Waals surface area contributed by atoms with E-state index in [1.807, 2.05) is 0 Å². The molecule has 0 aromatic heterocycles. The van der Waals surface area contributed by atoms with Crippen molar-refractivity contribution in [3.8, 4) is 0 Å². The van der Waals surface area contributed by atoms with Crippen molar-refractivity contribution >= 4 is 11.5 Å². The molecule has 4 saturated heterocycles. The van der Waals surface area contributed by atoms with E-state index in [2.05, 4.69) is 51.2 Å². The van der Waals surface area contributed by atoms with Crippen LogP contribution in [0.25, 0.3) is 0 Å². The number of fused-ring (bicyclic) bond motifs is 3. The summed E-state index contributed by atoms with van der Waals surface area (Å²) < 4.78 is 6.36. The van der Waals surface area contributed by atoms with E-state index in [9.17, 15) is 0 Å². The minimum atomic E-state index is 0.306. The maximum absolute atomic E-state index is 6.36. The molecule has 1 N–H and O–H groups in total. The zero-order valence-electron chi connectivity index (χ0n) is 23.5. The Bertz CT molecular complexity index is 1060. The van der Waals surface area contributed by atoms with E-state index in [4.69, 9.17) is 9.73 Å². The molecular weight excluding hydrogens is 470 g/mol. The smallest absolute Gasteiger partial charge is 0.139 e. The van der Waals surface area contributed by atoms with Gasteiger partial charge in [0.2, 0.25) is 0 Å². The van der Waals surface area contributed by atoms with E-state index in [0.29, 0.717) is 24.4 Å². The lowest BCUT2D eigenvalue weighted by atomic mass is 9.95. The second-order valence-corrected chi connectivity index (χ2v) is 12.8. The topological polar surface area (TPSA) is 43.3 Å². The van der Waals surface area contributed by atoms with Gasteiger partial charge in [-0.25, -0.2) is 4.99 Å². The van der Waals surface area contributed by atoms with Gasteiger partial charge in [-0.05, 0) is 106 Å². The molecule has 6 nitrogen and oxygen atoms in total. The van der Waals surface area contributed by atoms with Crippen molar-refractivity contribution in [3.05, 3.63) is 41.0 Å². The number of piperazine rings is 1. The average molecular weight is 518 g/mol. The van der Waals surface area contributed by atoms with E-state index in [1.165, 1.54) is 81.6 Å². The number of hydrogen-bond donors (Lipinski definition) is 1. The molecule has 1 aliphatic carbocycles. The van der Waals surface area contributed by atoms with Crippen molar-refractivity contribution in [1.29, 1.82) is 0 Å². The number of aliphatic imine (C=N–C) groups is 1. The van der Waals surface area contributed by atoms with Gasteiger partial charge < -0.3 is 19.9 Å². The van der Waals surface area contributed by atoms with Crippen LogP contribution in [0.4, 0.5) is 5.69 Å². The summed E-state index contributed by atoms with van der Waals surface area (Å²) >= 11 is 0. The Morgan fingerprint density at radius 2 is 1.84 bits per heavy atom. The normalized spacial score (nSPS) is 29.2. The van der Waals surface area contributed by atoms with Crippen LogP contribution in [0.15, 0.2) is 34.8 Å². The molecule has 1 aromatic rings. The Hall–Kier alpha value is -1.89. The van der Waals surface area contributed by atoms with Gasteiger partial charge in [0.15, 0.2) is 0 Å². The number of nitrogens with one attached hydrogen (secondary N) is 1. The number of amidine groups is 1. The quantitative estimate of drug-likeness (QED) is 0.308. The van der Waals surface area contributed by atoms with Crippen LogP contribution in [-0.4, -0.2) is 85.9 Å². The van der Waals surface area contributed by atoms with Gasteiger partial charge in [0.1, 0.15) is 12.6 Å². The molecule has 38 heavy (non-hydrogen) atoms. The van der Waals surface area contributed by atoms with Gasteiger partial charge in [-0.1, -0.05) is 25.1 Å². The first kappa shape index (κ1) is 25.1. The summed E-state index contributed by atoms with van der Waals surface area (Å²) in [5.41, 5.74) is 6.42. The zero-order valence-corrected chi connectivity index (χ0v) is 23.5. The average Bonchev–Trinajstić information content (AvgIpc) is 3.47. The monoisotopic (exact) mass is 517 g/mol. The summed E-state index contributed by atoms with van der Waals surface area (Å²) in [6.45, 7) is 10.4. The summed E-state index contributed by atoms with van der Waals surface area (Å²) in [5, 5.41) is 3.81. The molecule has 2 atom stereocenters. The van der Waals surface area contributed by atoms with Crippen LogP contribution >= 0.6 is 0 Å². The Labute approximate surface area is 229 Å². The first-order valence-electron chi connectivity index (χ1n) is 15.7. The molecule has 1 saturated carbocycles. The molecule has 0 radical (unpaired) electrons. The lowest BCUT2D eigenvalue weighted by Crippen LogP contribution is -2.53. The SMILES string of the molecule is CCc1cccc(N2CC=C(/C(=N\COCC34CCCN3CCC4)N3CC4CCC(C3)N4)CC2)c1C1CC1. The molecule has 1 aromatic carbocycles. The summed E-state index contributed by atoms with van der Waals surface area (Å²) in [6, 6.07) is 8.22. The van der Waals surface area contributed by atoms with E-state index in [1.54, 1.807) is 11.1 Å². The van der Waals surface area contributed by atoms with Crippen molar-refractivity contribution in [3.63, 3.8) is 0 Å². The Balaban J connectivity index is 1.08. The highest BCUT2D eigenvalue weighted by Crippen LogP contribution is 2.46. The fourth-order valence-corrected chi connectivity index (χ4v) is 8.30. The fourth-order valence-electron chi connectivity index (χ4n) is 8.30. The van der Waals surface area contributed by atoms with Crippen LogP contribution in [0.3, 0.4) is 0 Å². The Morgan fingerprint density at radius 1 is 1.05 bits per heavy atom. The molecule has 0 spiro atoms. The predicted molar refractivity (Wildman–Crippen MR) is 155 cm³/mol. The third-order valence-corrected chi connectivity index (χ3v) is 10.4. The molecular formula is C32H47N5O. The van der Waals surface area contributed by atoms with E-state index in [-0.39, 0.29) is 0 Å². The molecule has 206 valence electrons. The minimum Gasteiger partial charge on any atom is -0.367 e. The number of ether oxygens (including phenoxy) is 1. The van der Waals surface area contributed by atoms with E-state index >= 15 is 0 Å². The van der Waals surface area contributed by atoms with Crippen LogP contribution in [0, 0.1) is 0 Å². The largest absolute Gasteiger partial charge is 0.367 e. The lowest BCUT2D eigenvalue weighted by Gasteiger charge is -2.38. The van der Waals surface area contributed by atoms with Crippen molar-refractivity contribution in [2.45, 2.75) is 94.7 Å². The number of aryl methyl sites for hydroxylation is 1. The summed E-state index contributed by atoms with van der Waals surface area (Å²) in [4.78, 5) is 13.1. The van der Waals surface area contributed by atoms with Gasteiger partial charge in [-0.15, -0.1) is 0 Å². The summed E-state index contributed by atoms with van der Waals surface area (Å²) in [6.07, 6.45) is 15.3. The molecule has 6 aliphatic rings. The van der Waals surface area contributed by atoms with Crippen LogP contribution in [0.2, 0.25) is 0 Å². The number of hydrogen-bond acceptors (Lipinski definition) is 5. The third-order valence-electron chi connectivity index (χ3n) is 10.4. The molecule has 5 fully saturated rings. The zero-order chi connectivity index (χ0) is 25.5. The minimum absolute atomic E-state index is 0.306. The molecule has 0 amide bonds. The predicted octanol–water partition coefficient (Wildman–Crippen LogP) is 4.70. The van der Waals surface area contributed by atoms with Crippen LogP contribution in [0.5, 0.6) is 0 Å². The number of likely N-dealkylation sites (tertiary alicyclic amines) is 1. The first-order chi connectivity index (χ1) is 18.7. The van der Waals surface area contributed by atoms with Crippen LogP contribution < -0.4 is 10.2 Å². The second-order valence-electron chi connectivity index (χ2n) is 12.8. The highest BCUT2D eigenvalue weighted by molar-refractivity contribution is 5.99. The fraction of sp³-hybridized carbons (Fsp3) is 0.719. The standard InChI is InChI=1S/C32H47N5O/c1-2-24-6-3-7-29(30(24)25-8-9-25)35-18-12-26(13-19-35)31(36-20-27-10-11-28(21-36)34-27)33-23-38-22-32-14-4-16-37(32)17-5-15-32/h3,6-7,12,25,27-28,34H,2,4-5,8-11,13-23H2,1H3/b33-31+. The molecule has 2 unspecified atom stereocenters. The second kappa shape index (κ2) is 10.6. The van der Waals surface area contributed by atoms with Gasteiger partial charge in [0, 0.05) is 49.5 Å². The highest BCUT2D eigenvalue weighted by Gasteiger charge is 2.44. The third kappa shape index (κ3) is 4.82. The van der Waals surface area contributed by atoms with Crippen molar-refractivity contribution in [1.82, 2.24) is 15.1 Å². The molecule has 5 aliphatic heterocycles. The van der Waals surface area contributed by atoms with Crippen molar-refractivity contribution in [2.75, 3.05) is 57.5 Å². The lowest BCUT2D eigenvalue weighted by molar-refractivity contribution is 0.0387.